The summed E-state index contributed by atoms with van der Waals surface area (Å²) in [6.07, 6.45) is 1.96. The maximum Gasteiger partial charge on any atom is 0.221 e. The quantitative estimate of drug-likeness (QED) is 0.854. The molecule has 0 fully saturated rings. The molecule has 0 radical (unpaired) electrons. The van der Waals surface area contributed by atoms with Gasteiger partial charge in [-0.05, 0) is 12.1 Å². The zero-order valence-corrected chi connectivity index (χ0v) is 14.1. The molecule has 1 heterocycles. The highest BCUT2D eigenvalue weighted by atomic mass is 16.5. The maximum absolute atomic E-state index is 5.51. The van der Waals surface area contributed by atoms with Crippen molar-refractivity contribution in [1.29, 1.82) is 0 Å². The Kier molecular flexibility index (Phi) is 4.42. The van der Waals surface area contributed by atoms with Crippen LogP contribution in [0.3, 0.4) is 0 Å². The van der Waals surface area contributed by atoms with Gasteiger partial charge in [-0.2, -0.15) is 0 Å². The Balaban J connectivity index is 2.19. The molecule has 0 N–H and O–H groups in total. The number of hydrogen-bond donors (Lipinski definition) is 0. The third kappa shape index (κ3) is 2.69. The summed E-state index contributed by atoms with van der Waals surface area (Å²) in [5.41, 5.74) is 3.58. The summed E-state index contributed by atoms with van der Waals surface area (Å²) in [5, 5.41) is 0. The van der Waals surface area contributed by atoms with Gasteiger partial charge in [0.2, 0.25) is 5.90 Å². The zero-order valence-electron chi connectivity index (χ0n) is 14.1. The minimum atomic E-state index is 0.566. The molecular weight excluding hydrogens is 306 g/mol. The van der Waals surface area contributed by atoms with Crippen molar-refractivity contribution in [3.05, 3.63) is 47.5 Å². The van der Waals surface area contributed by atoms with Gasteiger partial charge in [-0.1, -0.05) is 18.2 Å². The van der Waals surface area contributed by atoms with Crippen molar-refractivity contribution in [3.63, 3.8) is 0 Å². The van der Waals surface area contributed by atoms with E-state index in [1.807, 2.05) is 42.5 Å². The van der Waals surface area contributed by atoms with Crippen molar-refractivity contribution in [3.8, 4) is 17.2 Å². The average molecular weight is 325 g/mol. The van der Waals surface area contributed by atoms with E-state index < -0.39 is 0 Å². The third-order valence-corrected chi connectivity index (χ3v) is 3.88. The molecule has 0 atom stereocenters. The molecule has 2 aromatic carbocycles. The molecule has 5 heteroatoms. The molecule has 2 aromatic rings. The summed E-state index contributed by atoms with van der Waals surface area (Å²) in [5.74, 6) is 2.53. The lowest BCUT2D eigenvalue weighted by Gasteiger charge is -2.14. The first-order valence-corrected chi connectivity index (χ1v) is 7.46. The van der Waals surface area contributed by atoms with Gasteiger partial charge < -0.3 is 18.9 Å². The maximum atomic E-state index is 5.51. The predicted molar refractivity (Wildman–Crippen MR) is 94.5 cm³/mol. The fourth-order valence-electron chi connectivity index (χ4n) is 2.70. The number of para-hydroxylation sites is 1. The third-order valence-electron chi connectivity index (χ3n) is 3.88. The average Bonchev–Trinajstić information content (AvgIpc) is 2.99. The summed E-state index contributed by atoms with van der Waals surface area (Å²) in [6, 6.07) is 11.5. The largest absolute Gasteiger partial charge is 0.496 e. The Hall–Kier alpha value is -2.95. The molecule has 0 spiro atoms. The van der Waals surface area contributed by atoms with Crippen molar-refractivity contribution in [2.24, 2.45) is 4.99 Å². The SMILES string of the molecule is COC1=Nc2ccccc2C1=Cc1c(OC)cc(OC)cc1OC. The van der Waals surface area contributed by atoms with Crippen molar-refractivity contribution in [1.82, 2.24) is 0 Å². The fraction of sp³-hybridized carbons (Fsp3) is 0.211. The first kappa shape index (κ1) is 15.9. The smallest absolute Gasteiger partial charge is 0.221 e. The van der Waals surface area contributed by atoms with E-state index in [2.05, 4.69) is 4.99 Å². The molecule has 24 heavy (non-hydrogen) atoms. The number of fused-ring (bicyclic) bond motifs is 1. The van der Waals surface area contributed by atoms with Crippen LogP contribution < -0.4 is 14.2 Å². The van der Waals surface area contributed by atoms with E-state index in [0.717, 1.165) is 22.4 Å². The van der Waals surface area contributed by atoms with Gasteiger partial charge in [0.15, 0.2) is 0 Å². The van der Waals surface area contributed by atoms with Crippen LogP contribution in [0.1, 0.15) is 11.1 Å². The highest BCUT2D eigenvalue weighted by Gasteiger charge is 2.23. The topological polar surface area (TPSA) is 49.3 Å². The van der Waals surface area contributed by atoms with Crippen molar-refractivity contribution in [2.45, 2.75) is 0 Å². The number of rotatable bonds is 4. The monoisotopic (exact) mass is 325 g/mol. The number of methoxy groups -OCH3 is 4. The minimum Gasteiger partial charge on any atom is -0.496 e. The van der Waals surface area contributed by atoms with Crippen LogP contribution in [0.25, 0.3) is 11.6 Å². The number of ether oxygens (including phenoxy) is 4. The van der Waals surface area contributed by atoms with Gasteiger partial charge in [-0.3, -0.25) is 0 Å². The van der Waals surface area contributed by atoms with Gasteiger partial charge >= 0.3 is 0 Å². The molecule has 0 aromatic heterocycles. The number of benzene rings is 2. The van der Waals surface area contributed by atoms with E-state index >= 15 is 0 Å². The molecule has 1 aliphatic rings. The summed E-state index contributed by atoms with van der Waals surface area (Å²) in [4.78, 5) is 4.51. The lowest BCUT2D eigenvalue weighted by molar-refractivity contribution is 0.374. The van der Waals surface area contributed by atoms with Gasteiger partial charge in [0.05, 0.1) is 39.7 Å². The van der Waals surface area contributed by atoms with Gasteiger partial charge in [0, 0.05) is 23.3 Å². The summed E-state index contributed by atoms with van der Waals surface area (Å²) >= 11 is 0. The van der Waals surface area contributed by atoms with Crippen LogP contribution in [0.4, 0.5) is 5.69 Å². The molecular formula is C19H19NO4. The highest BCUT2D eigenvalue weighted by molar-refractivity contribution is 6.29. The summed E-state index contributed by atoms with van der Waals surface area (Å²) in [6.45, 7) is 0. The molecule has 0 bridgehead atoms. The predicted octanol–water partition coefficient (Wildman–Crippen LogP) is 3.94. The van der Waals surface area contributed by atoms with Crippen LogP contribution in [-0.4, -0.2) is 34.3 Å². The Bertz CT molecular complexity index is 799. The summed E-state index contributed by atoms with van der Waals surface area (Å²) < 4.78 is 21.8. The summed E-state index contributed by atoms with van der Waals surface area (Å²) in [7, 11) is 6.45. The molecule has 0 unspecified atom stereocenters. The molecule has 1 aliphatic heterocycles. The van der Waals surface area contributed by atoms with E-state index in [1.165, 1.54) is 0 Å². The van der Waals surface area contributed by atoms with Crippen molar-refractivity contribution in [2.75, 3.05) is 28.4 Å². The zero-order chi connectivity index (χ0) is 17.1. The van der Waals surface area contributed by atoms with Crippen LogP contribution in [0.15, 0.2) is 41.4 Å². The highest BCUT2D eigenvalue weighted by Crippen LogP contribution is 2.41. The van der Waals surface area contributed by atoms with E-state index in [1.54, 1.807) is 28.4 Å². The Morgan fingerprint density at radius 1 is 0.833 bits per heavy atom. The van der Waals surface area contributed by atoms with Crippen LogP contribution >= 0.6 is 0 Å². The lowest BCUT2D eigenvalue weighted by Crippen LogP contribution is -2.01. The number of hydrogen-bond acceptors (Lipinski definition) is 5. The van der Waals surface area contributed by atoms with Crippen molar-refractivity contribution < 1.29 is 18.9 Å². The first-order chi connectivity index (χ1) is 11.7. The van der Waals surface area contributed by atoms with Crippen LogP contribution in [0.2, 0.25) is 0 Å². The second-order valence-corrected chi connectivity index (χ2v) is 5.14. The van der Waals surface area contributed by atoms with Crippen molar-refractivity contribution >= 4 is 23.2 Å². The molecule has 0 saturated carbocycles. The molecule has 3 rings (SSSR count). The Morgan fingerprint density at radius 2 is 1.50 bits per heavy atom. The van der Waals surface area contributed by atoms with E-state index in [9.17, 15) is 0 Å². The molecule has 124 valence electrons. The number of aliphatic imine (C=N–C) groups is 1. The molecule has 0 amide bonds. The fourth-order valence-corrected chi connectivity index (χ4v) is 2.70. The minimum absolute atomic E-state index is 0.566. The van der Waals surface area contributed by atoms with Crippen LogP contribution in [0, 0.1) is 0 Å². The van der Waals surface area contributed by atoms with Gasteiger partial charge in [0.1, 0.15) is 17.2 Å². The normalized spacial score (nSPS) is 14.2. The van der Waals surface area contributed by atoms with E-state index in [4.69, 9.17) is 18.9 Å². The molecule has 0 aliphatic carbocycles. The van der Waals surface area contributed by atoms with Gasteiger partial charge in [-0.15, -0.1) is 0 Å². The molecule has 0 saturated heterocycles. The van der Waals surface area contributed by atoms with E-state index in [0.29, 0.717) is 23.1 Å². The van der Waals surface area contributed by atoms with Crippen LogP contribution in [0.5, 0.6) is 17.2 Å². The second-order valence-electron chi connectivity index (χ2n) is 5.14. The Labute approximate surface area is 141 Å². The standard InChI is InChI=1S/C19H19NO4/c1-21-12-9-17(22-2)15(18(10-12)23-3)11-14-13-7-5-6-8-16(13)20-19(14)24-4/h5-11H,1-4H3. The van der Waals surface area contributed by atoms with Gasteiger partial charge in [-0.25, -0.2) is 4.99 Å². The number of nitrogens with zero attached hydrogens (tertiary/aromatic N) is 1. The lowest BCUT2D eigenvalue weighted by atomic mass is 10.0. The van der Waals surface area contributed by atoms with Crippen LogP contribution in [-0.2, 0) is 4.74 Å². The Morgan fingerprint density at radius 3 is 2.08 bits per heavy atom. The second kappa shape index (κ2) is 6.66. The molecule has 5 nitrogen and oxygen atoms in total. The first-order valence-electron chi connectivity index (χ1n) is 7.46. The van der Waals surface area contributed by atoms with E-state index in [-0.39, 0.29) is 0 Å². The van der Waals surface area contributed by atoms with Gasteiger partial charge in [0.25, 0.3) is 0 Å².